The van der Waals surface area contributed by atoms with Crippen LogP contribution in [0.3, 0.4) is 0 Å². The molecule has 1 aliphatic heterocycles. The van der Waals surface area contributed by atoms with Crippen LogP contribution in [0, 0.1) is 5.82 Å². The lowest BCUT2D eigenvalue weighted by atomic mass is 10.1. The number of hydrogen-bond donors (Lipinski definition) is 0. The van der Waals surface area contributed by atoms with Crippen LogP contribution in [0.25, 0.3) is 0 Å². The van der Waals surface area contributed by atoms with Crippen molar-refractivity contribution in [2.24, 2.45) is 0 Å². The van der Waals surface area contributed by atoms with Gasteiger partial charge in [0.05, 0.1) is 19.4 Å². The molecule has 31 heavy (non-hydrogen) atoms. The van der Waals surface area contributed by atoms with Gasteiger partial charge in [0.15, 0.2) is 17.3 Å². The van der Waals surface area contributed by atoms with Crippen molar-refractivity contribution in [3.8, 4) is 11.5 Å². The highest BCUT2D eigenvalue weighted by Gasteiger charge is 2.24. The van der Waals surface area contributed by atoms with Crippen molar-refractivity contribution in [2.45, 2.75) is 26.7 Å². The van der Waals surface area contributed by atoms with E-state index < -0.39 is 5.82 Å². The first-order valence-corrected chi connectivity index (χ1v) is 10.6. The summed E-state index contributed by atoms with van der Waals surface area (Å²) < 4.78 is 25.6. The molecule has 2 aromatic carbocycles. The number of ketones is 1. The van der Waals surface area contributed by atoms with Crippen LogP contribution in [0.2, 0.25) is 0 Å². The molecule has 166 valence electrons. The Labute approximate surface area is 182 Å². The normalized spacial score (nSPS) is 13.8. The van der Waals surface area contributed by atoms with Crippen LogP contribution >= 0.6 is 0 Å². The molecule has 0 N–H and O–H groups in total. The molecule has 1 heterocycles. The van der Waals surface area contributed by atoms with Gasteiger partial charge < -0.3 is 19.3 Å². The predicted octanol–water partition coefficient (Wildman–Crippen LogP) is 4.18. The summed E-state index contributed by atoms with van der Waals surface area (Å²) in [4.78, 5) is 28.0. The van der Waals surface area contributed by atoms with Crippen molar-refractivity contribution in [3.63, 3.8) is 0 Å². The number of halogens is 1. The minimum absolute atomic E-state index is 0.0922. The number of amides is 1. The molecule has 6 nitrogen and oxygen atoms in total. The molecule has 1 amide bonds. The summed E-state index contributed by atoms with van der Waals surface area (Å²) in [5.74, 6) is 0.481. The van der Waals surface area contributed by atoms with Crippen molar-refractivity contribution in [1.29, 1.82) is 0 Å². The van der Waals surface area contributed by atoms with E-state index in [9.17, 15) is 14.0 Å². The Bertz CT molecular complexity index is 939. The Hall–Kier alpha value is -3.09. The third kappa shape index (κ3) is 5.34. The zero-order chi connectivity index (χ0) is 22.4. The molecule has 0 spiro atoms. The summed E-state index contributed by atoms with van der Waals surface area (Å²) in [7, 11) is 1.56. The van der Waals surface area contributed by atoms with E-state index in [0.29, 0.717) is 61.1 Å². The number of nitrogens with zero attached hydrogens (tertiary/aromatic N) is 2. The van der Waals surface area contributed by atoms with Gasteiger partial charge in [0, 0.05) is 37.3 Å². The number of carbonyl (C=O) groups is 2. The highest BCUT2D eigenvalue weighted by atomic mass is 19.1. The van der Waals surface area contributed by atoms with Crippen molar-refractivity contribution in [1.82, 2.24) is 4.90 Å². The fourth-order valence-electron chi connectivity index (χ4n) is 3.56. The topological polar surface area (TPSA) is 59.1 Å². The number of carbonyl (C=O) groups excluding carboxylic acids is 2. The van der Waals surface area contributed by atoms with Gasteiger partial charge >= 0.3 is 0 Å². The summed E-state index contributed by atoms with van der Waals surface area (Å²) in [6.07, 6.45) is 1.99. The average Bonchev–Trinajstić information content (AvgIpc) is 2.79. The van der Waals surface area contributed by atoms with Crippen LogP contribution < -0.4 is 14.4 Å². The van der Waals surface area contributed by atoms with E-state index in [4.69, 9.17) is 9.47 Å². The lowest BCUT2D eigenvalue weighted by Gasteiger charge is -2.36. The maximum Gasteiger partial charge on any atom is 0.254 e. The van der Waals surface area contributed by atoms with Crippen LogP contribution in [0.4, 0.5) is 10.1 Å². The quantitative estimate of drug-likeness (QED) is 0.466. The standard InChI is InChI=1S/C24H29FN2O4/c1-4-5-14-31-22-9-7-19(16-23(22)30-3)24(29)27-12-10-26(11-13-27)21-8-6-18(17(2)28)15-20(21)25/h6-9,15-16H,4-5,10-14H2,1-3H3. The molecule has 0 radical (unpaired) electrons. The second-order valence-electron chi connectivity index (χ2n) is 7.57. The number of ether oxygens (including phenoxy) is 2. The van der Waals surface area contributed by atoms with Crippen molar-refractivity contribution in [3.05, 3.63) is 53.3 Å². The molecular weight excluding hydrogens is 399 g/mol. The molecule has 1 aliphatic rings. The first kappa shape index (κ1) is 22.6. The first-order valence-electron chi connectivity index (χ1n) is 10.6. The third-order valence-electron chi connectivity index (χ3n) is 5.43. The second kappa shape index (κ2) is 10.3. The fraction of sp³-hybridized carbons (Fsp3) is 0.417. The maximum atomic E-state index is 14.4. The van der Waals surface area contributed by atoms with Crippen molar-refractivity contribution < 1.29 is 23.5 Å². The smallest absolute Gasteiger partial charge is 0.254 e. The highest BCUT2D eigenvalue weighted by molar-refractivity contribution is 5.95. The third-order valence-corrected chi connectivity index (χ3v) is 5.43. The van der Waals surface area contributed by atoms with Crippen LogP contribution in [0.5, 0.6) is 11.5 Å². The molecule has 0 aliphatic carbocycles. The van der Waals surface area contributed by atoms with E-state index in [0.717, 1.165) is 12.8 Å². The number of anilines is 1. The summed E-state index contributed by atoms with van der Waals surface area (Å²) in [5.41, 5.74) is 1.34. The number of Topliss-reactive ketones (excluding diaryl/α,β-unsaturated/α-hetero) is 1. The monoisotopic (exact) mass is 428 g/mol. The van der Waals surface area contributed by atoms with Gasteiger partial charge in [-0.3, -0.25) is 9.59 Å². The lowest BCUT2D eigenvalue weighted by molar-refractivity contribution is 0.0746. The Balaban J connectivity index is 1.64. The van der Waals surface area contributed by atoms with E-state index in [2.05, 4.69) is 6.92 Å². The van der Waals surface area contributed by atoms with E-state index in [1.807, 2.05) is 4.90 Å². The Kier molecular flexibility index (Phi) is 7.50. The van der Waals surface area contributed by atoms with Crippen molar-refractivity contribution >= 4 is 17.4 Å². The van der Waals surface area contributed by atoms with Crippen molar-refractivity contribution in [2.75, 3.05) is 44.8 Å². The maximum absolute atomic E-state index is 14.4. The van der Waals surface area contributed by atoms with Gasteiger partial charge in [0.1, 0.15) is 5.82 Å². The summed E-state index contributed by atoms with van der Waals surface area (Å²) >= 11 is 0. The molecular formula is C24H29FN2O4. The van der Waals surface area contributed by atoms with E-state index in [1.54, 1.807) is 42.3 Å². The number of rotatable bonds is 8. The molecule has 2 aromatic rings. The van der Waals surface area contributed by atoms with Gasteiger partial charge in [0.2, 0.25) is 0 Å². The number of unbranched alkanes of at least 4 members (excludes halogenated alkanes) is 1. The Morgan fingerprint density at radius 3 is 2.32 bits per heavy atom. The Morgan fingerprint density at radius 2 is 1.71 bits per heavy atom. The largest absolute Gasteiger partial charge is 0.493 e. The van der Waals surface area contributed by atoms with Gasteiger partial charge in [-0.25, -0.2) is 4.39 Å². The minimum atomic E-state index is -0.420. The molecule has 0 saturated carbocycles. The van der Waals surface area contributed by atoms with Gasteiger partial charge in [0.25, 0.3) is 5.91 Å². The number of methoxy groups -OCH3 is 1. The molecule has 0 atom stereocenters. The zero-order valence-electron chi connectivity index (χ0n) is 18.3. The number of hydrogen-bond acceptors (Lipinski definition) is 5. The lowest BCUT2D eigenvalue weighted by Crippen LogP contribution is -2.49. The highest BCUT2D eigenvalue weighted by Crippen LogP contribution is 2.29. The number of benzene rings is 2. The molecule has 0 bridgehead atoms. The van der Waals surface area contributed by atoms with Gasteiger partial charge in [-0.2, -0.15) is 0 Å². The van der Waals surface area contributed by atoms with Gasteiger partial charge in [-0.05, 0) is 49.7 Å². The summed E-state index contributed by atoms with van der Waals surface area (Å²) in [6, 6.07) is 9.75. The average molecular weight is 429 g/mol. The summed E-state index contributed by atoms with van der Waals surface area (Å²) in [6.45, 7) is 6.09. The molecule has 1 fully saturated rings. The molecule has 3 rings (SSSR count). The van der Waals surface area contributed by atoms with Crippen LogP contribution in [-0.4, -0.2) is 56.5 Å². The van der Waals surface area contributed by atoms with Gasteiger partial charge in [-0.15, -0.1) is 0 Å². The molecule has 0 aromatic heterocycles. The molecule has 0 unspecified atom stereocenters. The minimum Gasteiger partial charge on any atom is -0.493 e. The fourth-order valence-corrected chi connectivity index (χ4v) is 3.56. The van der Waals surface area contributed by atoms with Crippen LogP contribution in [-0.2, 0) is 0 Å². The predicted molar refractivity (Wildman–Crippen MR) is 118 cm³/mol. The van der Waals surface area contributed by atoms with E-state index in [1.165, 1.54) is 13.0 Å². The van der Waals surface area contributed by atoms with E-state index >= 15 is 0 Å². The van der Waals surface area contributed by atoms with Crippen LogP contribution in [0.1, 0.15) is 47.4 Å². The second-order valence-corrected chi connectivity index (χ2v) is 7.57. The van der Waals surface area contributed by atoms with Crippen LogP contribution in [0.15, 0.2) is 36.4 Å². The SMILES string of the molecule is CCCCOc1ccc(C(=O)N2CCN(c3ccc(C(C)=O)cc3F)CC2)cc1OC. The van der Waals surface area contributed by atoms with E-state index in [-0.39, 0.29) is 11.7 Å². The molecule has 1 saturated heterocycles. The zero-order valence-corrected chi connectivity index (χ0v) is 18.3. The Morgan fingerprint density at radius 1 is 1.00 bits per heavy atom. The molecule has 7 heteroatoms. The van der Waals surface area contributed by atoms with Gasteiger partial charge in [-0.1, -0.05) is 13.3 Å². The first-order chi connectivity index (χ1) is 14.9. The summed E-state index contributed by atoms with van der Waals surface area (Å²) in [5, 5.41) is 0. The number of piperazine rings is 1.